The molecule has 1 fully saturated rings. The summed E-state index contributed by atoms with van der Waals surface area (Å²) in [5.74, 6) is -1.24. The normalized spacial score (nSPS) is 14.7. The van der Waals surface area contributed by atoms with Crippen molar-refractivity contribution in [2.75, 3.05) is 5.32 Å². The highest BCUT2D eigenvalue weighted by atomic mass is 32.1. The number of aliphatic carboxylic acids is 1. The molecule has 1 aromatic carbocycles. The summed E-state index contributed by atoms with van der Waals surface area (Å²) in [6.45, 7) is 1.80. The molecule has 0 bridgehead atoms. The number of ether oxygens (including phenoxy) is 1. The molecule has 6 rings (SSSR count). The van der Waals surface area contributed by atoms with Crippen LogP contribution < -0.4 is 5.32 Å². The second-order valence-electron chi connectivity index (χ2n) is 9.38. The number of pyridine rings is 1. The molecule has 0 aliphatic heterocycles. The minimum absolute atomic E-state index is 0.00113. The molecule has 4 heterocycles. The Hall–Kier alpha value is -4.16. The number of carbonyl (C=O) groups excluding carboxylic acids is 1. The molecule has 1 saturated carbocycles. The number of thiophene rings is 2. The topological polar surface area (TPSA) is 119 Å². The maximum absolute atomic E-state index is 14.8. The standard InChI is InChI=1S/C27H22FN5O4S2/c1-14(15-6-4-3-5-7-15)37-26(36)30-24-22(31-32-33(24)2)21-12-20-19(39-21)11-18(38-20)16-10-17(28)23(29-13-16)27(8-9-27)25(34)35/h3-7,10-14H,8-9H2,1-2H3,(H,30,36)(H,34,35). The number of hydrogen-bond acceptors (Lipinski definition) is 8. The van der Waals surface area contributed by atoms with Crippen LogP contribution in [0.25, 0.3) is 30.4 Å². The second kappa shape index (κ2) is 9.54. The Morgan fingerprint density at radius 3 is 2.49 bits per heavy atom. The van der Waals surface area contributed by atoms with E-state index in [4.69, 9.17) is 4.74 Å². The molecular weight excluding hydrogens is 541 g/mol. The van der Waals surface area contributed by atoms with Crippen molar-refractivity contribution in [3.8, 4) is 21.0 Å². The molecule has 198 valence electrons. The Kier molecular flexibility index (Phi) is 6.15. The van der Waals surface area contributed by atoms with Crippen LogP contribution in [0.5, 0.6) is 0 Å². The van der Waals surface area contributed by atoms with Gasteiger partial charge in [0.15, 0.2) is 5.82 Å². The molecule has 0 saturated heterocycles. The number of carboxylic acids is 1. The summed E-state index contributed by atoms with van der Waals surface area (Å²) in [5.41, 5.74) is 0.784. The molecule has 0 spiro atoms. The lowest BCUT2D eigenvalue weighted by atomic mass is 10.0. The highest BCUT2D eigenvalue weighted by Crippen LogP contribution is 2.49. The van der Waals surface area contributed by atoms with Crippen LogP contribution in [0.4, 0.5) is 15.0 Å². The van der Waals surface area contributed by atoms with Crippen LogP contribution in [0.3, 0.4) is 0 Å². The molecule has 1 amide bonds. The molecule has 1 aliphatic carbocycles. The number of rotatable bonds is 7. The third-order valence-corrected chi connectivity index (χ3v) is 9.13. The van der Waals surface area contributed by atoms with Gasteiger partial charge in [-0.1, -0.05) is 35.5 Å². The van der Waals surface area contributed by atoms with E-state index in [9.17, 15) is 19.1 Å². The van der Waals surface area contributed by atoms with Crippen molar-refractivity contribution in [1.82, 2.24) is 20.0 Å². The van der Waals surface area contributed by atoms with E-state index < -0.39 is 29.4 Å². The fraction of sp³-hybridized carbons (Fsp3) is 0.222. The first kappa shape index (κ1) is 25.1. The number of aryl methyl sites for hydroxylation is 1. The largest absolute Gasteiger partial charge is 0.481 e. The number of halogens is 1. The van der Waals surface area contributed by atoms with Crippen LogP contribution in [0.15, 0.2) is 54.7 Å². The number of nitrogens with one attached hydrogen (secondary N) is 1. The smallest absolute Gasteiger partial charge is 0.413 e. The summed E-state index contributed by atoms with van der Waals surface area (Å²) in [6.07, 6.45) is 1.27. The van der Waals surface area contributed by atoms with Crippen LogP contribution in [-0.2, 0) is 22.0 Å². The van der Waals surface area contributed by atoms with E-state index >= 15 is 0 Å². The zero-order valence-corrected chi connectivity index (χ0v) is 22.5. The first-order valence-electron chi connectivity index (χ1n) is 12.1. The van der Waals surface area contributed by atoms with Crippen molar-refractivity contribution in [2.45, 2.75) is 31.3 Å². The van der Waals surface area contributed by atoms with E-state index in [0.717, 1.165) is 24.7 Å². The fourth-order valence-corrected chi connectivity index (χ4v) is 6.80. The van der Waals surface area contributed by atoms with E-state index in [0.29, 0.717) is 29.9 Å². The molecule has 1 aliphatic rings. The first-order chi connectivity index (χ1) is 18.7. The summed E-state index contributed by atoms with van der Waals surface area (Å²) in [7, 11) is 1.68. The zero-order chi connectivity index (χ0) is 27.3. The summed E-state index contributed by atoms with van der Waals surface area (Å²) in [4.78, 5) is 30.0. The zero-order valence-electron chi connectivity index (χ0n) is 20.8. The summed E-state index contributed by atoms with van der Waals surface area (Å²) >= 11 is 2.93. The van der Waals surface area contributed by atoms with Gasteiger partial charge in [0.05, 0.1) is 10.6 Å². The Bertz CT molecular complexity index is 1690. The number of carboxylic acid groups (broad SMARTS) is 1. The van der Waals surface area contributed by atoms with Gasteiger partial charge in [-0.25, -0.2) is 13.9 Å². The molecule has 0 radical (unpaired) electrons. The number of nitrogens with zero attached hydrogens (tertiary/aromatic N) is 4. The molecule has 1 unspecified atom stereocenters. The van der Waals surface area contributed by atoms with Crippen molar-refractivity contribution in [2.24, 2.45) is 7.05 Å². The molecule has 2 N–H and O–H groups in total. The van der Waals surface area contributed by atoms with Crippen LogP contribution in [0.1, 0.15) is 37.1 Å². The Labute approximate surface area is 229 Å². The SMILES string of the molecule is CC(OC(=O)Nc1c(-c2cc3sc(-c4cnc(C5(C(=O)O)CC5)c(F)c4)cc3s2)nnn1C)c1ccccc1. The highest BCUT2D eigenvalue weighted by Gasteiger charge is 2.54. The summed E-state index contributed by atoms with van der Waals surface area (Å²) < 4.78 is 23.8. The van der Waals surface area contributed by atoms with Gasteiger partial charge in [-0.2, -0.15) is 0 Å². The van der Waals surface area contributed by atoms with E-state index in [2.05, 4.69) is 20.6 Å². The Morgan fingerprint density at radius 2 is 1.82 bits per heavy atom. The molecule has 12 heteroatoms. The predicted octanol–water partition coefficient (Wildman–Crippen LogP) is 6.39. The number of amides is 1. The minimum atomic E-state index is -1.19. The van der Waals surface area contributed by atoms with Gasteiger partial charge in [-0.3, -0.25) is 15.1 Å². The van der Waals surface area contributed by atoms with E-state index in [-0.39, 0.29) is 5.69 Å². The number of aromatic nitrogens is 4. The summed E-state index contributed by atoms with van der Waals surface area (Å²) in [5, 5.41) is 20.5. The van der Waals surface area contributed by atoms with E-state index in [1.165, 1.54) is 39.6 Å². The molecule has 5 aromatic rings. The van der Waals surface area contributed by atoms with Gasteiger partial charge in [0, 0.05) is 33.1 Å². The van der Waals surface area contributed by atoms with Gasteiger partial charge >= 0.3 is 12.1 Å². The van der Waals surface area contributed by atoms with Gasteiger partial charge in [0.1, 0.15) is 23.0 Å². The number of benzene rings is 1. The monoisotopic (exact) mass is 563 g/mol. The molecule has 39 heavy (non-hydrogen) atoms. The summed E-state index contributed by atoms with van der Waals surface area (Å²) in [6, 6.07) is 14.7. The van der Waals surface area contributed by atoms with Crippen LogP contribution in [-0.4, -0.2) is 37.1 Å². The van der Waals surface area contributed by atoms with Crippen LogP contribution in [0, 0.1) is 5.82 Å². The van der Waals surface area contributed by atoms with Gasteiger partial charge in [0.2, 0.25) is 0 Å². The fourth-order valence-electron chi connectivity index (χ4n) is 4.44. The average Bonchev–Trinajstić information content (AvgIpc) is 3.31. The number of anilines is 1. The second-order valence-corrected chi connectivity index (χ2v) is 11.6. The lowest BCUT2D eigenvalue weighted by molar-refractivity contribution is -0.140. The molecule has 4 aromatic heterocycles. The van der Waals surface area contributed by atoms with Crippen molar-refractivity contribution < 1.29 is 23.8 Å². The third kappa shape index (κ3) is 4.55. The van der Waals surface area contributed by atoms with Crippen molar-refractivity contribution in [3.63, 3.8) is 0 Å². The van der Waals surface area contributed by atoms with Crippen LogP contribution in [0.2, 0.25) is 0 Å². The Balaban J connectivity index is 1.22. The minimum Gasteiger partial charge on any atom is -0.481 e. The van der Waals surface area contributed by atoms with Crippen molar-refractivity contribution in [3.05, 3.63) is 71.8 Å². The average molecular weight is 564 g/mol. The maximum atomic E-state index is 14.8. The molecular formula is C27H22FN5O4S2. The Morgan fingerprint density at radius 1 is 1.13 bits per heavy atom. The lowest BCUT2D eigenvalue weighted by Crippen LogP contribution is -2.22. The van der Waals surface area contributed by atoms with E-state index in [1.807, 2.05) is 42.5 Å². The third-order valence-electron chi connectivity index (χ3n) is 6.78. The number of carbonyl (C=O) groups is 2. The van der Waals surface area contributed by atoms with Gasteiger partial charge in [0.25, 0.3) is 0 Å². The van der Waals surface area contributed by atoms with Gasteiger partial charge < -0.3 is 9.84 Å². The van der Waals surface area contributed by atoms with Gasteiger partial charge in [-0.05, 0) is 43.5 Å². The molecule has 1 atom stereocenters. The number of fused-ring (bicyclic) bond motifs is 1. The lowest BCUT2D eigenvalue weighted by Gasteiger charge is -2.14. The maximum Gasteiger partial charge on any atom is 0.413 e. The van der Waals surface area contributed by atoms with Gasteiger partial charge in [-0.15, -0.1) is 27.8 Å². The quantitative estimate of drug-likeness (QED) is 0.236. The number of hydrogen-bond donors (Lipinski definition) is 2. The van der Waals surface area contributed by atoms with Crippen LogP contribution >= 0.6 is 22.7 Å². The van der Waals surface area contributed by atoms with Crippen molar-refractivity contribution in [1.29, 1.82) is 0 Å². The highest BCUT2D eigenvalue weighted by molar-refractivity contribution is 7.31. The predicted molar refractivity (Wildman–Crippen MR) is 146 cm³/mol. The van der Waals surface area contributed by atoms with Crippen molar-refractivity contribution >= 4 is 50.0 Å². The molecule has 9 nitrogen and oxygen atoms in total. The van der Waals surface area contributed by atoms with E-state index in [1.54, 1.807) is 14.0 Å². The first-order valence-corrected chi connectivity index (χ1v) is 13.7.